The molecule has 0 aromatic heterocycles. The van der Waals surface area contributed by atoms with Crippen molar-refractivity contribution in [3.8, 4) is 0 Å². The molecule has 664 valence electrons. The van der Waals surface area contributed by atoms with Crippen LogP contribution in [0.2, 0.25) is 0 Å². The SMILES string of the molecule is CC(=O)N[C@H]1C(O)O[C@H](CO)[C@@H](O[C@@H]2O[C@H](CO[C@H]3O[C@H](CO[C@H]4O[C@H](CO[C@H]5O[C@H](CO)[C@@H](O)[C@H](O)[C@@H]5O[C@H]5O[C@H](CO)[C@@H](O)[C@H](O)[C@@H]5O)[C@@H](O)[C@H](O)[C@@H]4O)[C@@H](O)[C@H](O[C@H]4O[C@H](CO)[C@@H](O)[C@H](O)[C@@H]4O)[C@@H]3O)[C@@H](O)[C@H](O[C@H]3O[C@H](CO)[C@@H](O)[C@H](O)[C@@H]3O[C@H]3O[C@H](CO)[C@@H](O)[C@H](O)[C@@H]3O[C@H]3O[C@H](CO)[C@@H](O)[C@H](O)[C@@H]3O)[C@@H]2O)[C@@H]1O. The standard InChI is InChI=1S/C62H105NO51/c1-12(71)63-23-33(81)47(19(8-70)99-53(23)95)109-59-46(94)49(111-61-52(40(88)29(77)17(6-68)104-61)114-62-51(39(87)28(76)18(7-69)105-62)113-58-44(92)36(84)26(74)15(4-66)102-58)32(80)22(108-59)11-97-55-45(93)48(110-56-42(90)34(82)24(72)13(2-64)100-56)31(79)21(107-55)10-96-54-41(89)37(85)30(78)20(106-54)9-98-60-50(38(86)27(75)16(5-67)103-60)112-57-43(91)35(83)25(73)14(3-65)101-57/h13-62,64-70,72-95H,2-11H2,1H3,(H,63,71)/t13-,14-,15-,16-,17-,18-,19-,20-,21-,22-,23-,24-,25-,26-,27-,28-,29-,30-,31-,32-,33-,34+,35+,36+,37+,38+,39+,40+,41+,42+,43+,44+,45+,46+,47-,48+,49+,50+,51+,52+,53?,54+,55+,56-,57-,58-,59+,60+,61-,62-/m1/s1. The highest BCUT2D eigenvalue weighted by atomic mass is 16.8. The van der Waals surface area contributed by atoms with Crippen molar-refractivity contribution in [1.29, 1.82) is 0 Å². The molecule has 10 aliphatic rings. The fraction of sp³-hybridized carbons (Fsp3) is 0.984. The Hall–Kier alpha value is -2.53. The fourth-order valence-electron chi connectivity index (χ4n) is 14.5. The Morgan fingerprint density at radius 1 is 0.228 bits per heavy atom. The van der Waals surface area contributed by atoms with Gasteiger partial charge in [0, 0.05) is 6.92 Å². The normalized spacial score (nSPS) is 52.6. The van der Waals surface area contributed by atoms with E-state index in [1.165, 1.54) is 0 Å². The number of aliphatic hydroxyl groups is 31. The Balaban J connectivity index is 0.931. The Morgan fingerprint density at radius 3 is 0.833 bits per heavy atom. The lowest BCUT2D eigenvalue weighted by molar-refractivity contribution is -0.407. The summed E-state index contributed by atoms with van der Waals surface area (Å²) in [5, 5.41) is 342. The molecule has 10 aliphatic heterocycles. The lowest BCUT2D eigenvalue weighted by atomic mass is 9.94. The summed E-state index contributed by atoms with van der Waals surface area (Å²) in [6.07, 6.45) is -104. The van der Waals surface area contributed by atoms with Crippen LogP contribution in [-0.4, -0.2) is 537 Å². The van der Waals surface area contributed by atoms with Crippen molar-refractivity contribution in [3.05, 3.63) is 0 Å². The third kappa shape index (κ3) is 19.9. The molecule has 10 saturated heterocycles. The van der Waals surface area contributed by atoms with Gasteiger partial charge in [0.1, 0.15) is 244 Å². The van der Waals surface area contributed by atoms with Crippen molar-refractivity contribution in [2.45, 2.75) is 314 Å². The van der Waals surface area contributed by atoms with Gasteiger partial charge in [-0.15, -0.1) is 0 Å². The minimum absolute atomic E-state index is 0.869. The molecule has 0 radical (unpaired) electrons. The van der Waals surface area contributed by atoms with Gasteiger partial charge in [-0.25, -0.2) is 0 Å². The molecule has 0 spiro atoms. The number of carbonyl (C=O) groups excluding carboxylic acids is 1. The molecule has 52 nitrogen and oxygen atoms in total. The molecule has 0 bridgehead atoms. The maximum Gasteiger partial charge on any atom is 0.217 e. The van der Waals surface area contributed by atoms with E-state index >= 15 is 0 Å². The maximum absolute atomic E-state index is 12.5. The third-order valence-electron chi connectivity index (χ3n) is 21.2. The summed E-state index contributed by atoms with van der Waals surface area (Å²) in [6, 6.07) is -1.79. The van der Waals surface area contributed by atoms with E-state index in [0.717, 1.165) is 6.92 Å². The van der Waals surface area contributed by atoms with Gasteiger partial charge in [0.2, 0.25) is 5.91 Å². The largest absolute Gasteiger partial charge is 0.394 e. The minimum atomic E-state index is -2.54. The number of hydrogen-bond donors (Lipinski definition) is 32. The average Bonchev–Trinajstić information content (AvgIpc) is 0.779. The molecule has 114 heavy (non-hydrogen) atoms. The van der Waals surface area contributed by atoms with E-state index in [-0.39, 0.29) is 0 Å². The van der Waals surface area contributed by atoms with E-state index in [0.29, 0.717) is 0 Å². The zero-order valence-corrected chi connectivity index (χ0v) is 60.0. The van der Waals surface area contributed by atoms with Gasteiger partial charge in [0.05, 0.1) is 66.1 Å². The van der Waals surface area contributed by atoms with Crippen molar-refractivity contribution in [1.82, 2.24) is 5.32 Å². The summed E-state index contributed by atoms with van der Waals surface area (Å²) >= 11 is 0. The molecule has 10 heterocycles. The minimum Gasteiger partial charge on any atom is -0.394 e. The third-order valence-corrected chi connectivity index (χ3v) is 21.2. The van der Waals surface area contributed by atoms with Crippen molar-refractivity contribution in [3.63, 3.8) is 0 Å². The molecule has 1 unspecified atom stereocenters. The predicted molar refractivity (Wildman–Crippen MR) is 341 cm³/mol. The number of hydrogen-bond acceptors (Lipinski definition) is 51. The summed E-state index contributed by atoms with van der Waals surface area (Å²) in [6.45, 7) is -9.82. The first-order chi connectivity index (χ1) is 54.0. The van der Waals surface area contributed by atoms with Crippen molar-refractivity contribution >= 4 is 5.91 Å². The van der Waals surface area contributed by atoms with Crippen molar-refractivity contribution < 1.29 is 253 Å². The molecule has 50 atom stereocenters. The van der Waals surface area contributed by atoms with Crippen LogP contribution in [0.25, 0.3) is 0 Å². The van der Waals surface area contributed by atoms with E-state index in [9.17, 15) is 163 Å². The van der Waals surface area contributed by atoms with Crippen LogP contribution >= 0.6 is 0 Å². The second kappa shape index (κ2) is 40.6. The molecule has 52 heteroatoms. The lowest BCUT2D eigenvalue weighted by Crippen LogP contribution is -2.69. The summed E-state index contributed by atoms with van der Waals surface area (Å²) in [7, 11) is 0. The first-order valence-corrected chi connectivity index (χ1v) is 36.2. The second-order valence-electron chi connectivity index (χ2n) is 28.8. The van der Waals surface area contributed by atoms with E-state index in [1.807, 2.05) is 0 Å². The van der Waals surface area contributed by atoms with Crippen molar-refractivity contribution in [2.75, 3.05) is 66.1 Å². The molecular formula is C62H105NO51. The van der Waals surface area contributed by atoms with Crippen LogP contribution in [0.15, 0.2) is 0 Å². The quantitative estimate of drug-likeness (QED) is 0.0331. The average molecular weight is 1680 g/mol. The Morgan fingerprint density at radius 2 is 0.465 bits per heavy atom. The first kappa shape index (κ1) is 93.7. The second-order valence-corrected chi connectivity index (χ2v) is 28.8. The van der Waals surface area contributed by atoms with Crippen LogP contribution in [0.1, 0.15) is 6.92 Å². The van der Waals surface area contributed by atoms with Crippen LogP contribution in [0.3, 0.4) is 0 Å². The zero-order valence-electron chi connectivity index (χ0n) is 60.0. The molecule has 0 aliphatic carbocycles. The fourth-order valence-corrected chi connectivity index (χ4v) is 14.5. The summed E-state index contributed by atoms with van der Waals surface area (Å²) < 4.78 is 110. The van der Waals surface area contributed by atoms with Gasteiger partial charge in [-0.2, -0.15) is 0 Å². The van der Waals surface area contributed by atoms with Gasteiger partial charge in [-0.3, -0.25) is 4.79 Å². The summed E-state index contributed by atoms with van der Waals surface area (Å²) in [4.78, 5) is 12.3. The van der Waals surface area contributed by atoms with E-state index in [2.05, 4.69) is 5.32 Å². The van der Waals surface area contributed by atoms with Crippen LogP contribution in [0.4, 0.5) is 0 Å². The molecule has 10 rings (SSSR count). The molecule has 32 N–H and O–H groups in total. The van der Waals surface area contributed by atoms with E-state index in [1.54, 1.807) is 0 Å². The summed E-state index contributed by atoms with van der Waals surface area (Å²) in [5.41, 5.74) is 0. The number of nitrogens with one attached hydrogen (secondary N) is 1. The zero-order chi connectivity index (χ0) is 83.7. The molecule has 0 aromatic rings. The smallest absolute Gasteiger partial charge is 0.217 e. The molecular weight excluding hydrogens is 1570 g/mol. The highest BCUT2D eigenvalue weighted by Gasteiger charge is 2.61. The topological polar surface area (TPSA) is 832 Å². The number of carbonyl (C=O) groups is 1. The summed E-state index contributed by atoms with van der Waals surface area (Å²) in [5.74, 6) is -0.869. The van der Waals surface area contributed by atoms with Gasteiger partial charge in [0.15, 0.2) is 62.9 Å². The van der Waals surface area contributed by atoms with Crippen molar-refractivity contribution in [2.24, 2.45) is 0 Å². The Kier molecular flexibility index (Phi) is 33.4. The van der Waals surface area contributed by atoms with Gasteiger partial charge in [-0.1, -0.05) is 0 Å². The lowest BCUT2D eigenvalue weighted by Gasteiger charge is -2.50. The van der Waals surface area contributed by atoms with Gasteiger partial charge < -0.3 is 254 Å². The van der Waals surface area contributed by atoms with Crippen LogP contribution < -0.4 is 5.32 Å². The number of amides is 1. The molecule has 0 saturated carbocycles. The van der Waals surface area contributed by atoms with Gasteiger partial charge >= 0.3 is 0 Å². The van der Waals surface area contributed by atoms with Gasteiger partial charge in [0.25, 0.3) is 0 Å². The molecule has 10 fully saturated rings. The number of ether oxygens (including phenoxy) is 19. The predicted octanol–water partition coefficient (Wildman–Crippen LogP) is -22.7. The molecule has 1 amide bonds. The number of aliphatic hydroxyl groups excluding tert-OH is 31. The number of rotatable bonds is 29. The highest BCUT2D eigenvalue weighted by Crippen LogP contribution is 2.40. The Bertz CT molecular complexity index is 2920. The highest BCUT2D eigenvalue weighted by molar-refractivity contribution is 5.73. The molecule has 0 aromatic carbocycles. The van der Waals surface area contributed by atoms with E-state index < -0.39 is 379 Å². The Labute approximate surface area is 642 Å². The first-order valence-electron chi connectivity index (χ1n) is 36.2. The van der Waals surface area contributed by atoms with Crippen LogP contribution in [-0.2, 0) is 94.8 Å². The van der Waals surface area contributed by atoms with Crippen LogP contribution in [0.5, 0.6) is 0 Å². The maximum atomic E-state index is 12.5. The van der Waals surface area contributed by atoms with Crippen LogP contribution in [0, 0.1) is 0 Å². The monoisotopic (exact) mass is 1680 g/mol. The van der Waals surface area contributed by atoms with E-state index in [4.69, 9.17) is 90.0 Å². The van der Waals surface area contributed by atoms with Gasteiger partial charge in [-0.05, 0) is 0 Å².